The topological polar surface area (TPSA) is 51.1 Å². The van der Waals surface area contributed by atoms with Crippen molar-refractivity contribution < 1.29 is 4.74 Å². The van der Waals surface area contributed by atoms with Crippen LogP contribution in [0.25, 0.3) is 22.3 Å². The Hall–Kier alpha value is -2.53. The van der Waals surface area contributed by atoms with E-state index in [1.54, 1.807) is 0 Å². The van der Waals surface area contributed by atoms with E-state index in [0.717, 1.165) is 46.9 Å². The number of pyridine rings is 1. The second-order valence-corrected chi connectivity index (χ2v) is 6.72. The van der Waals surface area contributed by atoms with E-state index in [1.165, 1.54) is 0 Å². The highest BCUT2D eigenvalue weighted by Gasteiger charge is 2.23. The van der Waals surface area contributed by atoms with Crippen LogP contribution in [0.3, 0.4) is 0 Å². The van der Waals surface area contributed by atoms with Gasteiger partial charge in [-0.15, -0.1) is 0 Å². The van der Waals surface area contributed by atoms with Gasteiger partial charge < -0.3 is 9.64 Å². The van der Waals surface area contributed by atoms with Crippen LogP contribution < -0.4 is 4.90 Å². The molecule has 2 atom stereocenters. The van der Waals surface area contributed by atoms with E-state index in [-0.39, 0.29) is 12.2 Å². The maximum atomic E-state index is 5.80. The first-order valence-electron chi connectivity index (χ1n) is 8.70. The smallest absolute Gasteiger partial charge is 0.161 e. The molecule has 2 aromatic heterocycles. The van der Waals surface area contributed by atoms with Gasteiger partial charge >= 0.3 is 0 Å². The number of aryl methyl sites for hydroxylation is 1. The molecule has 5 nitrogen and oxygen atoms in total. The molecule has 1 fully saturated rings. The van der Waals surface area contributed by atoms with Gasteiger partial charge in [0.25, 0.3) is 0 Å². The molecule has 128 valence electrons. The van der Waals surface area contributed by atoms with Gasteiger partial charge in [-0.25, -0.2) is 15.0 Å². The number of nitrogens with zero attached hydrogens (tertiary/aromatic N) is 4. The molecule has 0 radical (unpaired) electrons. The quantitative estimate of drug-likeness (QED) is 0.716. The average Bonchev–Trinajstić information content (AvgIpc) is 2.61. The lowest BCUT2D eigenvalue weighted by molar-refractivity contribution is -0.00545. The van der Waals surface area contributed by atoms with Crippen LogP contribution in [0, 0.1) is 6.92 Å². The van der Waals surface area contributed by atoms with Gasteiger partial charge in [0.15, 0.2) is 5.82 Å². The van der Waals surface area contributed by atoms with Crippen molar-refractivity contribution in [1.29, 1.82) is 0 Å². The van der Waals surface area contributed by atoms with Gasteiger partial charge in [-0.2, -0.15) is 0 Å². The van der Waals surface area contributed by atoms with Crippen molar-refractivity contribution in [3.63, 3.8) is 0 Å². The minimum atomic E-state index is 0.219. The molecule has 1 aromatic carbocycles. The molecule has 3 heterocycles. The zero-order chi connectivity index (χ0) is 17.4. The van der Waals surface area contributed by atoms with Gasteiger partial charge in [-0.05, 0) is 39.0 Å². The van der Waals surface area contributed by atoms with Crippen LogP contribution in [-0.4, -0.2) is 40.2 Å². The number of hydrogen-bond acceptors (Lipinski definition) is 5. The Morgan fingerprint density at radius 3 is 2.48 bits per heavy atom. The largest absolute Gasteiger partial charge is 0.372 e. The Kier molecular flexibility index (Phi) is 4.09. The Bertz CT molecular complexity index is 884. The molecule has 4 rings (SSSR count). The summed E-state index contributed by atoms with van der Waals surface area (Å²) in [4.78, 5) is 16.3. The zero-order valence-electron chi connectivity index (χ0n) is 14.8. The Morgan fingerprint density at radius 2 is 1.76 bits per heavy atom. The van der Waals surface area contributed by atoms with E-state index in [4.69, 9.17) is 4.74 Å². The molecular formula is C20H22N4O. The number of morpholine rings is 1. The molecule has 0 unspecified atom stereocenters. The third kappa shape index (κ3) is 3.20. The SMILES string of the molecule is Cc1nc(-c2ccc(N3C[C@@H](C)O[C@@H](C)C3)nc2)nc2ccccc12. The second-order valence-electron chi connectivity index (χ2n) is 6.72. The Balaban J connectivity index is 1.64. The third-order valence-corrected chi connectivity index (χ3v) is 4.54. The lowest BCUT2D eigenvalue weighted by Crippen LogP contribution is -2.45. The van der Waals surface area contributed by atoms with Gasteiger partial charge in [0.1, 0.15) is 5.82 Å². The van der Waals surface area contributed by atoms with Gasteiger partial charge in [0, 0.05) is 35.9 Å². The highest BCUT2D eigenvalue weighted by Crippen LogP contribution is 2.23. The molecule has 0 aliphatic carbocycles. The van der Waals surface area contributed by atoms with Crippen molar-refractivity contribution in [2.75, 3.05) is 18.0 Å². The number of rotatable bonds is 2. The standard InChI is InChI=1S/C20H22N4O/c1-13-11-24(12-14(2)25-13)19-9-8-16(10-21-19)20-22-15(3)17-6-4-5-7-18(17)23-20/h4-10,13-14H,11-12H2,1-3H3/t13-,14+. The first-order valence-corrected chi connectivity index (χ1v) is 8.70. The molecule has 25 heavy (non-hydrogen) atoms. The van der Waals surface area contributed by atoms with Crippen LogP contribution in [0.4, 0.5) is 5.82 Å². The minimum Gasteiger partial charge on any atom is -0.372 e. The molecule has 0 amide bonds. The zero-order valence-corrected chi connectivity index (χ0v) is 14.8. The van der Waals surface area contributed by atoms with Crippen molar-refractivity contribution in [3.05, 3.63) is 48.3 Å². The highest BCUT2D eigenvalue weighted by atomic mass is 16.5. The predicted octanol–water partition coefficient (Wildman–Crippen LogP) is 3.61. The molecule has 1 aliphatic heterocycles. The summed E-state index contributed by atoms with van der Waals surface area (Å²) in [5.74, 6) is 1.70. The fraction of sp³-hybridized carbons (Fsp3) is 0.350. The fourth-order valence-corrected chi connectivity index (χ4v) is 3.43. The molecule has 1 saturated heterocycles. The summed E-state index contributed by atoms with van der Waals surface area (Å²) in [6, 6.07) is 12.2. The molecule has 0 saturated carbocycles. The molecule has 3 aromatic rings. The van der Waals surface area contributed by atoms with E-state index in [9.17, 15) is 0 Å². The highest BCUT2D eigenvalue weighted by molar-refractivity contribution is 5.82. The van der Waals surface area contributed by atoms with Crippen LogP contribution in [0.15, 0.2) is 42.6 Å². The summed E-state index contributed by atoms with van der Waals surface area (Å²) >= 11 is 0. The van der Waals surface area contributed by atoms with Crippen molar-refractivity contribution in [2.45, 2.75) is 33.0 Å². The average molecular weight is 334 g/mol. The van der Waals surface area contributed by atoms with Gasteiger partial charge in [-0.1, -0.05) is 18.2 Å². The minimum absolute atomic E-state index is 0.219. The Labute approximate surface area is 147 Å². The molecule has 0 spiro atoms. The summed E-state index contributed by atoms with van der Waals surface area (Å²) in [5.41, 5.74) is 2.89. The van der Waals surface area contributed by atoms with Gasteiger partial charge in [-0.3, -0.25) is 0 Å². The number of para-hydroxylation sites is 1. The summed E-state index contributed by atoms with van der Waals surface area (Å²) in [6.07, 6.45) is 2.30. The number of anilines is 1. The van der Waals surface area contributed by atoms with Crippen LogP contribution in [-0.2, 0) is 4.74 Å². The number of aromatic nitrogens is 3. The van der Waals surface area contributed by atoms with Crippen molar-refractivity contribution >= 4 is 16.7 Å². The molecule has 5 heteroatoms. The molecule has 1 aliphatic rings. The first-order chi connectivity index (χ1) is 12.1. The van der Waals surface area contributed by atoms with E-state index in [0.29, 0.717) is 0 Å². The summed E-state index contributed by atoms with van der Waals surface area (Å²) < 4.78 is 5.80. The van der Waals surface area contributed by atoms with E-state index in [1.807, 2.05) is 37.4 Å². The van der Waals surface area contributed by atoms with Gasteiger partial charge in [0.2, 0.25) is 0 Å². The number of fused-ring (bicyclic) bond motifs is 1. The summed E-state index contributed by atoms with van der Waals surface area (Å²) in [5, 5.41) is 1.09. The van der Waals surface area contributed by atoms with E-state index < -0.39 is 0 Å². The predicted molar refractivity (Wildman–Crippen MR) is 99.7 cm³/mol. The first kappa shape index (κ1) is 16.0. The van der Waals surface area contributed by atoms with Crippen molar-refractivity contribution in [2.24, 2.45) is 0 Å². The summed E-state index contributed by atoms with van der Waals surface area (Å²) in [6.45, 7) is 7.95. The Morgan fingerprint density at radius 1 is 1.00 bits per heavy atom. The maximum absolute atomic E-state index is 5.80. The lowest BCUT2D eigenvalue weighted by atomic mass is 10.1. The lowest BCUT2D eigenvalue weighted by Gasteiger charge is -2.36. The fourth-order valence-electron chi connectivity index (χ4n) is 3.43. The number of benzene rings is 1. The maximum Gasteiger partial charge on any atom is 0.161 e. The van der Waals surface area contributed by atoms with Crippen LogP contribution >= 0.6 is 0 Å². The van der Waals surface area contributed by atoms with Crippen LogP contribution in [0.1, 0.15) is 19.5 Å². The molecule has 0 N–H and O–H groups in total. The van der Waals surface area contributed by atoms with E-state index >= 15 is 0 Å². The third-order valence-electron chi connectivity index (χ3n) is 4.54. The van der Waals surface area contributed by atoms with Gasteiger partial charge in [0.05, 0.1) is 17.7 Å². The number of hydrogen-bond donors (Lipinski definition) is 0. The summed E-state index contributed by atoms with van der Waals surface area (Å²) in [7, 11) is 0. The molecule has 0 bridgehead atoms. The second kappa shape index (κ2) is 6.41. The van der Waals surface area contributed by atoms with Crippen LogP contribution in [0.5, 0.6) is 0 Å². The normalized spacial score (nSPS) is 20.8. The van der Waals surface area contributed by atoms with E-state index in [2.05, 4.69) is 45.8 Å². The van der Waals surface area contributed by atoms with Crippen molar-refractivity contribution in [1.82, 2.24) is 15.0 Å². The molecular weight excluding hydrogens is 312 g/mol. The van der Waals surface area contributed by atoms with Crippen molar-refractivity contribution in [3.8, 4) is 11.4 Å². The number of ether oxygens (including phenoxy) is 1. The van der Waals surface area contributed by atoms with Crippen LogP contribution in [0.2, 0.25) is 0 Å². The monoisotopic (exact) mass is 334 g/mol.